The van der Waals surface area contributed by atoms with E-state index < -0.39 is 18.6 Å². The van der Waals surface area contributed by atoms with Crippen LogP contribution in [0.2, 0.25) is 0 Å². The average Bonchev–Trinajstić information content (AvgIpc) is 3.22. The molecule has 0 atom stereocenters. The molecule has 0 saturated carbocycles. The summed E-state index contributed by atoms with van der Waals surface area (Å²) < 4.78 is 7.25. The van der Waals surface area contributed by atoms with Gasteiger partial charge in [0.15, 0.2) is 5.78 Å². The monoisotopic (exact) mass is 500 g/mol. The number of carbonyl (C=O) groups excluding carboxylic acids is 2. The first kappa shape index (κ1) is 25.0. The molecule has 11 heteroatoms. The summed E-state index contributed by atoms with van der Waals surface area (Å²) in [5.41, 5.74) is 8.29. The Morgan fingerprint density at radius 3 is 2.46 bits per heavy atom. The largest absolute Gasteiger partial charge is 0.480 e. The van der Waals surface area contributed by atoms with E-state index in [1.165, 1.54) is 18.5 Å². The zero-order valence-corrected chi connectivity index (χ0v) is 19.9. The summed E-state index contributed by atoms with van der Waals surface area (Å²) in [5, 5.41) is 17.3. The fourth-order valence-corrected chi connectivity index (χ4v) is 3.84. The number of aromatic nitrogens is 3. The zero-order chi connectivity index (χ0) is 26.5. The van der Waals surface area contributed by atoms with E-state index in [9.17, 15) is 19.5 Å². The highest BCUT2D eigenvalue weighted by molar-refractivity contribution is 6.08. The number of carboxylic acids is 1. The van der Waals surface area contributed by atoms with Crippen LogP contribution in [-0.2, 0) is 18.3 Å². The maximum absolute atomic E-state index is 13.1. The van der Waals surface area contributed by atoms with Gasteiger partial charge in [0.25, 0.3) is 0 Å². The van der Waals surface area contributed by atoms with E-state index in [1.54, 1.807) is 36.5 Å². The third kappa shape index (κ3) is 5.78. The van der Waals surface area contributed by atoms with Crippen molar-refractivity contribution < 1.29 is 24.2 Å². The van der Waals surface area contributed by atoms with Gasteiger partial charge >= 0.3 is 12.1 Å². The molecule has 2 heterocycles. The first-order chi connectivity index (χ1) is 17.7. The number of amidine groups is 1. The average molecular weight is 501 g/mol. The lowest BCUT2D eigenvalue weighted by Gasteiger charge is -2.17. The van der Waals surface area contributed by atoms with Gasteiger partial charge < -0.3 is 20.1 Å². The molecule has 2 aromatic carbocycles. The van der Waals surface area contributed by atoms with Gasteiger partial charge in [0.2, 0.25) is 5.95 Å². The van der Waals surface area contributed by atoms with Gasteiger partial charge in [-0.2, -0.15) is 0 Å². The molecule has 188 valence electrons. The highest BCUT2D eigenvalue weighted by atomic mass is 16.6. The van der Waals surface area contributed by atoms with Crippen molar-refractivity contribution in [1.29, 1.82) is 5.41 Å². The van der Waals surface area contributed by atoms with Crippen molar-refractivity contribution >= 4 is 40.5 Å². The molecule has 0 fully saturated rings. The normalized spacial score (nSPS) is 10.7. The fourth-order valence-electron chi connectivity index (χ4n) is 3.84. The standard InChI is InChI=1S/C26H24N6O5/c1-31-14-20(22(33)10-5-16-3-6-17(7-4-16)24(27)28)19-13-18(8-9-21(19)31)37-26(36)32(15-23(34)35)25-29-11-2-12-30-25/h2-4,6-9,11-14H,5,10,15H2,1H3,(H3,27,28)(H,34,35). The second kappa shape index (κ2) is 10.7. The van der Waals surface area contributed by atoms with Crippen LogP contribution in [0.4, 0.5) is 10.7 Å². The number of amides is 1. The van der Waals surface area contributed by atoms with E-state index in [0.717, 1.165) is 16.0 Å². The summed E-state index contributed by atoms with van der Waals surface area (Å²) in [6.45, 7) is -0.687. The van der Waals surface area contributed by atoms with Crippen molar-refractivity contribution in [3.05, 3.63) is 83.8 Å². The predicted octanol–water partition coefficient (Wildman–Crippen LogP) is 3.16. The number of nitrogens with zero attached hydrogens (tertiary/aromatic N) is 4. The third-order valence-electron chi connectivity index (χ3n) is 5.68. The van der Waals surface area contributed by atoms with Crippen LogP contribution in [0.15, 0.2) is 67.1 Å². The number of benzene rings is 2. The van der Waals surface area contributed by atoms with Gasteiger partial charge in [0.1, 0.15) is 18.1 Å². The number of hydrogen-bond donors (Lipinski definition) is 3. The molecule has 11 nitrogen and oxygen atoms in total. The summed E-state index contributed by atoms with van der Waals surface area (Å²) in [6.07, 6.45) is 4.28. The van der Waals surface area contributed by atoms with Gasteiger partial charge in [0, 0.05) is 54.1 Å². The Bertz CT molecular complexity index is 1480. The van der Waals surface area contributed by atoms with Gasteiger partial charge in [-0.3, -0.25) is 15.0 Å². The summed E-state index contributed by atoms with van der Waals surface area (Å²) in [4.78, 5) is 45.9. The minimum Gasteiger partial charge on any atom is -0.480 e. The molecular weight excluding hydrogens is 476 g/mol. The number of aliphatic carboxylic acids is 1. The Kier molecular flexibility index (Phi) is 7.23. The SMILES string of the molecule is Cn1cc(C(=O)CCc2ccc(C(=N)N)cc2)c2cc(OC(=O)N(CC(=O)O)c3ncccn3)ccc21. The first-order valence-corrected chi connectivity index (χ1v) is 11.3. The number of nitrogens with two attached hydrogens (primary N) is 1. The zero-order valence-electron chi connectivity index (χ0n) is 19.9. The molecule has 0 spiro atoms. The maximum Gasteiger partial charge on any atom is 0.422 e. The number of carboxylic acid groups (broad SMARTS) is 1. The highest BCUT2D eigenvalue weighted by Gasteiger charge is 2.24. The Morgan fingerprint density at radius 2 is 1.81 bits per heavy atom. The first-order valence-electron chi connectivity index (χ1n) is 11.3. The lowest BCUT2D eigenvalue weighted by atomic mass is 10.0. The van der Waals surface area contributed by atoms with Gasteiger partial charge in [-0.1, -0.05) is 24.3 Å². The van der Waals surface area contributed by atoms with E-state index in [0.29, 0.717) is 22.9 Å². The number of rotatable bonds is 9. The Balaban J connectivity index is 1.53. The lowest BCUT2D eigenvalue weighted by Crippen LogP contribution is -2.38. The Labute approximate surface area is 211 Å². The van der Waals surface area contributed by atoms with E-state index in [2.05, 4.69) is 9.97 Å². The minimum absolute atomic E-state index is 0.0164. The molecule has 0 bridgehead atoms. The van der Waals surface area contributed by atoms with Crippen molar-refractivity contribution in [3.8, 4) is 5.75 Å². The van der Waals surface area contributed by atoms with Crippen LogP contribution in [-0.4, -0.2) is 49.9 Å². The number of aryl methyl sites for hydroxylation is 2. The summed E-state index contributed by atoms with van der Waals surface area (Å²) >= 11 is 0. The van der Waals surface area contributed by atoms with Crippen LogP contribution >= 0.6 is 0 Å². The number of ketones is 1. The van der Waals surface area contributed by atoms with Crippen LogP contribution in [0.25, 0.3) is 10.9 Å². The van der Waals surface area contributed by atoms with Crippen molar-refractivity contribution in [2.75, 3.05) is 11.4 Å². The molecular formula is C26H24N6O5. The summed E-state index contributed by atoms with van der Waals surface area (Å²) in [5.74, 6) is -1.33. The number of carbonyl (C=O) groups is 3. The number of nitrogen functional groups attached to an aromatic ring is 1. The van der Waals surface area contributed by atoms with Crippen LogP contribution in [0.5, 0.6) is 5.75 Å². The molecule has 0 aliphatic carbocycles. The number of Topliss-reactive ketones (excluding diaryl/α,β-unsaturated/α-hetero) is 1. The van der Waals surface area contributed by atoms with Crippen LogP contribution in [0.3, 0.4) is 0 Å². The van der Waals surface area contributed by atoms with Gasteiger partial charge in [-0.25, -0.2) is 19.7 Å². The molecule has 1 amide bonds. The molecule has 37 heavy (non-hydrogen) atoms. The van der Waals surface area contributed by atoms with Crippen LogP contribution in [0.1, 0.15) is 27.9 Å². The van der Waals surface area contributed by atoms with Crippen molar-refractivity contribution in [3.63, 3.8) is 0 Å². The van der Waals surface area contributed by atoms with Crippen molar-refractivity contribution in [1.82, 2.24) is 14.5 Å². The van der Waals surface area contributed by atoms with E-state index in [1.807, 2.05) is 23.7 Å². The number of fused-ring (bicyclic) bond motifs is 1. The molecule has 0 aliphatic heterocycles. The number of nitrogens with one attached hydrogen (secondary N) is 1. The quantitative estimate of drug-likeness (QED) is 0.179. The van der Waals surface area contributed by atoms with Crippen LogP contribution < -0.4 is 15.4 Å². The molecule has 4 rings (SSSR count). The van der Waals surface area contributed by atoms with Gasteiger partial charge in [0.05, 0.1) is 0 Å². The Hall–Kier alpha value is -5.06. The van der Waals surface area contributed by atoms with Crippen molar-refractivity contribution in [2.24, 2.45) is 12.8 Å². The number of hydrogen-bond acceptors (Lipinski definition) is 7. The summed E-state index contributed by atoms with van der Waals surface area (Å²) in [6, 6.07) is 13.6. The van der Waals surface area contributed by atoms with E-state index >= 15 is 0 Å². The fraction of sp³-hybridized carbons (Fsp3) is 0.154. The molecule has 0 aliphatic rings. The minimum atomic E-state index is -1.26. The van der Waals surface area contributed by atoms with Crippen molar-refractivity contribution in [2.45, 2.75) is 12.8 Å². The molecule has 0 unspecified atom stereocenters. The van der Waals surface area contributed by atoms with Gasteiger partial charge in [-0.15, -0.1) is 0 Å². The van der Waals surface area contributed by atoms with E-state index in [4.69, 9.17) is 15.9 Å². The second-order valence-electron chi connectivity index (χ2n) is 8.26. The molecule has 0 saturated heterocycles. The third-order valence-corrected chi connectivity index (χ3v) is 5.68. The maximum atomic E-state index is 13.1. The predicted molar refractivity (Wildman–Crippen MR) is 136 cm³/mol. The number of anilines is 1. The van der Waals surface area contributed by atoms with Gasteiger partial charge in [-0.05, 0) is 36.2 Å². The smallest absolute Gasteiger partial charge is 0.422 e. The molecule has 0 radical (unpaired) electrons. The molecule has 2 aromatic heterocycles. The lowest BCUT2D eigenvalue weighted by molar-refractivity contribution is -0.135. The Morgan fingerprint density at radius 1 is 1.11 bits per heavy atom. The van der Waals surface area contributed by atoms with E-state index in [-0.39, 0.29) is 29.7 Å². The topological polar surface area (TPSA) is 164 Å². The second-order valence-corrected chi connectivity index (χ2v) is 8.26. The summed E-state index contributed by atoms with van der Waals surface area (Å²) in [7, 11) is 1.81. The highest BCUT2D eigenvalue weighted by Crippen LogP contribution is 2.27. The van der Waals surface area contributed by atoms with Crippen LogP contribution in [0, 0.1) is 5.41 Å². The molecule has 4 N–H and O–H groups in total. The number of ether oxygens (including phenoxy) is 1. The molecule has 4 aromatic rings.